The van der Waals surface area contributed by atoms with Gasteiger partial charge in [0.2, 0.25) is 0 Å². The van der Waals surface area contributed by atoms with Gasteiger partial charge in [0.15, 0.2) is 0 Å². The summed E-state index contributed by atoms with van der Waals surface area (Å²) < 4.78 is 0. The number of nitrogen functional groups attached to an aromatic ring is 1. The van der Waals surface area contributed by atoms with Gasteiger partial charge in [-0.05, 0) is 17.9 Å². The number of rotatable bonds is 2. The molecule has 1 heterocycles. The first-order valence-corrected chi connectivity index (χ1v) is 4.22. The van der Waals surface area contributed by atoms with Crippen LogP contribution >= 0.6 is 11.3 Å². The summed E-state index contributed by atoms with van der Waals surface area (Å²) in [5.74, 6) is 0. The van der Waals surface area contributed by atoms with Crippen LogP contribution in [0.25, 0.3) is 0 Å². The Morgan fingerprint density at radius 2 is 2.40 bits per heavy atom. The topological polar surface area (TPSA) is 52.0 Å². The predicted molar refractivity (Wildman–Crippen MR) is 46.0 cm³/mol. The van der Waals surface area contributed by atoms with Gasteiger partial charge >= 0.3 is 0 Å². The van der Waals surface area contributed by atoms with E-state index < -0.39 is 0 Å². The van der Waals surface area contributed by atoms with Crippen molar-refractivity contribution in [1.82, 2.24) is 0 Å². The van der Waals surface area contributed by atoms with E-state index in [4.69, 9.17) is 11.5 Å². The Balaban J connectivity index is 2.82. The highest BCUT2D eigenvalue weighted by molar-refractivity contribution is 7.14. The third kappa shape index (κ3) is 1.30. The first-order valence-electron chi connectivity index (χ1n) is 3.34. The maximum Gasteiger partial charge on any atom is 0.0904 e. The van der Waals surface area contributed by atoms with Crippen LogP contribution in [0.15, 0.2) is 11.4 Å². The molecule has 10 heavy (non-hydrogen) atoms. The van der Waals surface area contributed by atoms with Crippen molar-refractivity contribution in [2.24, 2.45) is 5.73 Å². The van der Waals surface area contributed by atoms with E-state index in [1.54, 1.807) is 11.3 Å². The zero-order valence-corrected chi connectivity index (χ0v) is 6.82. The van der Waals surface area contributed by atoms with E-state index in [-0.39, 0.29) is 6.04 Å². The molecule has 0 bridgehead atoms. The maximum atomic E-state index is 5.77. The maximum absolute atomic E-state index is 5.77. The molecule has 1 aromatic heterocycles. The smallest absolute Gasteiger partial charge is 0.0904 e. The second-order valence-corrected chi connectivity index (χ2v) is 3.20. The standard InChI is InChI=1S/C7H12N2S/c1-2-6(8)5-3-4-10-7(5)9/h3-4,6H,2,8-9H2,1H3. The van der Waals surface area contributed by atoms with Gasteiger partial charge < -0.3 is 11.5 Å². The van der Waals surface area contributed by atoms with Crippen molar-refractivity contribution >= 4 is 16.3 Å². The molecule has 3 heteroatoms. The lowest BCUT2D eigenvalue weighted by Gasteiger charge is -2.06. The van der Waals surface area contributed by atoms with Crippen molar-refractivity contribution in [3.8, 4) is 0 Å². The van der Waals surface area contributed by atoms with Gasteiger partial charge in [-0.2, -0.15) is 0 Å². The fourth-order valence-corrected chi connectivity index (χ4v) is 1.57. The summed E-state index contributed by atoms with van der Waals surface area (Å²) in [4.78, 5) is 0. The van der Waals surface area contributed by atoms with E-state index in [0.29, 0.717) is 0 Å². The molecule has 1 aromatic rings. The van der Waals surface area contributed by atoms with Crippen LogP contribution in [0.4, 0.5) is 5.00 Å². The molecule has 0 spiro atoms. The Morgan fingerprint density at radius 1 is 1.70 bits per heavy atom. The van der Waals surface area contributed by atoms with Gasteiger partial charge in [-0.15, -0.1) is 11.3 Å². The average molecular weight is 156 g/mol. The van der Waals surface area contributed by atoms with Crippen molar-refractivity contribution in [3.63, 3.8) is 0 Å². The molecule has 0 amide bonds. The van der Waals surface area contributed by atoms with Gasteiger partial charge in [0.1, 0.15) is 0 Å². The number of hydrogen-bond acceptors (Lipinski definition) is 3. The Bertz CT molecular complexity index is 207. The molecule has 0 saturated carbocycles. The molecule has 4 N–H and O–H groups in total. The van der Waals surface area contributed by atoms with E-state index in [1.807, 2.05) is 11.4 Å². The van der Waals surface area contributed by atoms with Crippen LogP contribution in [0, 0.1) is 0 Å². The number of thiophene rings is 1. The molecule has 0 aliphatic rings. The lowest BCUT2D eigenvalue weighted by atomic mass is 10.1. The Morgan fingerprint density at radius 3 is 2.80 bits per heavy atom. The second kappa shape index (κ2) is 3.03. The zero-order valence-electron chi connectivity index (χ0n) is 6.00. The van der Waals surface area contributed by atoms with E-state index in [1.165, 1.54) is 0 Å². The minimum absolute atomic E-state index is 0.117. The lowest BCUT2D eigenvalue weighted by molar-refractivity contribution is 0.703. The molecule has 0 fully saturated rings. The molecule has 56 valence electrons. The van der Waals surface area contributed by atoms with Crippen LogP contribution in [-0.4, -0.2) is 0 Å². The molecule has 1 rings (SSSR count). The second-order valence-electron chi connectivity index (χ2n) is 2.25. The minimum Gasteiger partial charge on any atom is -0.390 e. The van der Waals surface area contributed by atoms with Gasteiger partial charge in [0.05, 0.1) is 5.00 Å². The summed E-state index contributed by atoms with van der Waals surface area (Å²) in [6.45, 7) is 2.06. The number of anilines is 1. The van der Waals surface area contributed by atoms with E-state index >= 15 is 0 Å². The Kier molecular flexibility index (Phi) is 2.29. The van der Waals surface area contributed by atoms with Gasteiger partial charge in [-0.25, -0.2) is 0 Å². The molecule has 0 aliphatic carbocycles. The third-order valence-electron chi connectivity index (χ3n) is 1.57. The van der Waals surface area contributed by atoms with Gasteiger partial charge in [0.25, 0.3) is 0 Å². The predicted octanol–water partition coefficient (Wildman–Crippen LogP) is 1.74. The SMILES string of the molecule is CCC(N)c1ccsc1N. The van der Waals surface area contributed by atoms with Gasteiger partial charge in [-0.1, -0.05) is 6.92 Å². The van der Waals surface area contributed by atoms with Crippen LogP contribution < -0.4 is 11.5 Å². The zero-order chi connectivity index (χ0) is 7.56. The highest BCUT2D eigenvalue weighted by Gasteiger charge is 2.06. The number of hydrogen-bond donors (Lipinski definition) is 2. The monoisotopic (exact) mass is 156 g/mol. The van der Waals surface area contributed by atoms with Crippen molar-refractivity contribution in [1.29, 1.82) is 0 Å². The molecular weight excluding hydrogens is 144 g/mol. The molecule has 0 saturated heterocycles. The lowest BCUT2D eigenvalue weighted by Crippen LogP contribution is -2.08. The van der Waals surface area contributed by atoms with Crippen LogP contribution in [0.5, 0.6) is 0 Å². The van der Waals surface area contributed by atoms with E-state index in [9.17, 15) is 0 Å². The van der Waals surface area contributed by atoms with Crippen molar-refractivity contribution < 1.29 is 0 Å². The highest BCUT2D eigenvalue weighted by atomic mass is 32.1. The minimum atomic E-state index is 0.117. The van der Waals surface area contributed by atoms with Gasteiger partial charge in [-0.3, -0.25) is 0 Å². The van der Waals surface area contributed by atoms with Crippen LogP contribution in [0.2, 0.25) is 0 Å². The van der Waals surface area contributed by atoms with Crippen molar-refractivity contribution in [3.05, 3.63) is 17.0 Å². The third-order valence-corrected chi connectivity index (χ3v) is 2.33. The van der Waals surface area contributed by atoms with Crippen LogP contribution in [0.1, 0.15) is 24.9 Å². The molecule has 1 atom stereocenters. The number of nitrogens with two attached hydrogens (primary N) is 2. The summed E-state index contributed by atoms with van der Waals surface area (Å²) >= 11 is 1.55. The average Bonchev–Trinajstić information content (AvgIpc) is 2.34. The molecule has 0 aliphatic heterocycles. The summed E-state index contributed by atoms with van der Waals surface area (Å²) in [7, 11) is 0. The molecule has 1 unspecified atom stereocenters. The fraction of sp³-hybridized carbons (Fsp3) is 0.429. The normalized spacial score (nSPS) is 13.4. The summed E-state index contributed by atoms with van der Waals surface area (Å²) in [6, 6.07) is 2.11. The van der Waals surface area contributed by atoms with Crippen LogP contribution in [0.3, 0.4) is 0 Å². The van der Waals surface area contributed by atoms with Crippen molar-refractivity contribution in [2.75, 3.05) is 5.73 Å². The van der Waals surface area contributed by atoms with E-state index in [2.05, 4.69) is 6.92 Å². The molecule has 2 nitrogen and oxygen atoms in total. The largest absolute Gasteiger partial charge is 0.390 e. The molecule has 0 aromatic carbocycles. The fourth-order valence-electron chi connectivity index (χ4n) is 0.857. The summed E-state index contributed by atoms with van der Waals surface area (Å²) in [6.07, 6.45) is 0.945. The van der Waals surface area contributed by atoms with Crippen LogP contribution in [-0.2, 0) is 0 Å². The summed E-state index contributed by atoms with van der Waals surface area (Å²) in [5.41, 5.74) is 12.5. The quantitative estimate of drug-likeness (QED) is 0.685. The molecule has 0 radical (unpaired) electrons. The first kappa shape index (κ1) is 7.57. The Hall–Kier alpha value is -0.540. The highest BCUT2D eigenvalue weighted by Crippen LogP contribution is 2.25. The Labute approximate surface area is 64.8 Å². The summed E-state index contributed by atoms with van der Waals surface area (Å²) in [5, 5.41) is 2.83. The van der Waals surface area contributed by atoms with Gasteiger partial charge in [0, 0.05) is 11.6 Å². The van der Waals surface area contributed by atoms with E-state index in [0.717, 1.165) is 17.0 Å². The van der Waals surface area contributed by atoms with Crippen molar-refractivity contribution in [2.45, 2.75) is 19.4 Å². The first-order chi connectivity index (χ1) is 4.75. The molecular formula is C7H12N2S.